The predicted octanol–water partition coefficient (Wildman–Crippen LogP) is 5.12. The number of aromatic nitrogens is 3. The topological polar surface area (TPSA) is 72.1 Å². The number of carbonyl (C=O) groups excluding carboxylic acids is 1. The van der Waals surface area contributed by atoms with Crippen molar-refractivity contribution in [2.45, 2.75) is 50.9 Å². The average molecular weight is 465 g/mol. The molecule has 0 N–H and O–H groups in total. The molecule has 3 aliphatic rings. The van der Waals surface area contributed by atoms with Gasteiger partial charge in [0.25, 0.3) is 5.91 Å². The van der Waals surface area contributed by atoms with Gasteiger partial charge in [-0.3, -0.25) is 4.79 Å². The molecule has 1 aromatic carbocycles. The predicted molar refractivity (Wildman–Crippen MR) is 120 cm³/mol. The van der Waals surface area contributed by atoms with Crippen molar-refractivity contribution in [1.82, 2.24) is 20.1 Å². The molecule has 1 saturated carbocycles. The zero-order valence-electron chi connectivity index (χ0n) is 19.2. The fraction of sp³-hybridized carbons (Fsp3) is 0.462. The number of nitrogens with zero attached hydrogens (tertiary/aromatic N) is 4. The summed E-state index contributed by atoms with van der Waals surface area (Å²) < 4.78 is 34.0. The van der Waals surface area contributed by atoms with E-state index in [1.165, 1.54) is 30.9 Å². The zero-order valence-corrected chi connectivity index (χ0v) is 19.2. The van der Waals surface area contributed by atoms with E-state index in [9.17, 15) is 13.6 Å². The Morgan fingerprint density at radius 1 is 1.18 bits per heavy atom. The summed E-state index contributed by atoms with van der Waals surface area (Å²) in [5, 5.41) is 8.98. The summed E-state index contributed by atoms with van der Waals surface area (Å²) in [5.41, 5.74) is 2.06. The Hall–Kier alpha value is -3.16. The maximum Gasteiger partial charge on any atom is 0.275 e. The van der Waals surface area contributed by atoms with Crippen LogP contribution < -0.4 is 0 Å². The molecule has 3 aromatic rings. The van der Waals surface area contributed by atoms with E-state index in [0.29, 0.717) is 18.8 Å². The number of oxazole rings is 1. The van der Waals surface area contributed by atoms with Crippen LogP contribution in [0.4, 0.5) is 8.78 Å². The van der Waals surface area contributed by atoms with Gasteiger partial charge in [-0.1, -0.05) is 19.9 Å². The van der Waals surface area contributed by atoms with Crippen molar-refractivity contribution >= 4 is 5.91 Å². The quantitative estimate of drug-likeness (QED) is 0.538. The van der Waals surface area contributed by atoms with Crippen LogP contribution in [0, 0.1) is 23.0 Å². The third-order valence-corrected chi connectivity index (χ3v) is 8.75. The zero-order chi connectivity index (χ0) is 23.7. The second-order valence-electron chi connectivity index (χ2n) is 10.4. The van der Waals surface area contributed by atoms with Gasteiger partial charge in [0.1, 0.15) is 17.9 Å². The van der Waals surface area contributed by atoms with Crippen molar-refractivity contribution in [2.24, 2.45) is 11.3 Å². The van der Waals surface area contributed by atoms with Gasteiger partial charge in [-0.15, -0.1) is 0 Å². The van der Waals surface area contributed by atoms with Crippen LogP contribution in [0.5, 0.6) is 0 Å². The summed E-state index contributed by atoms with van der Waals surface area (Å²) in [7, 11) is 0. The van der Waals surface area contributed by atoms with Gasteiger partial charge < -0.3 is 9.32 Å². The number of piperidine rings is 1. The van der Waals surface area contributed by atoms with Crippen LogP contribution in [-0.2, 0) is 5.41 Å². The Bertz CT molecular complexity index is 1260. The first-order chi connectivity index (χ1) is 16.3. The third-order valence-electron chi connectivity index (χ3n) is 8.75. The van der Waals surface area contributed by atoms with Crippen LogP contribution in [0.15, 0.2) is 41.3 Å². The van der Waals surface area contributed by atoms with Gasteiger partial charge in [0.05, 0.1) is 17.0 Å². The molecule has 34 heavy (non-hydrogen) atoms. The summed E-state index contributed by atoms with van der Waals surface area (Å²) in [5.74, 6) is -0.949. The number of hydrogen-bond donors (Lipinski definition) is 0. The van der Waals surface area contributed by atoms with E-state index in [-0.39, 0.29) is 39.8 Å². The highest BCUT2D eigenvalue weighted by Gasteiger charge is 2.66. The maximum atomic E-state index is 14.5. The van der Waals surface area contributed by atoms with Crippen molar-refractivity contribution in [3.8, 4) is 11.3 Å². The molecule has 1 saturated heterocycles. The van der Waals surface area contributed by atoms with E-state index in [4.69, 9.17) is 4.42 Å². The highest BCUT2D eigenvalue weighted by molar-refractivity contribution is 5.92. The smallest absolute Gasteiger partial charge is 0.275 e. The van der Waals surface area contributed by atoms with Crippen molar-refractivity contribution in [1.29, 1.82) is 0 Å². The number of fused-ring (bicyclic) bond motifs is 5. The summed E-state index contributed by atoms with van der Waals surface area (Å²) in [4.78, 5) is 18.9. The van der Waals surface area contributed by atoms with Gasteiger partial charge in [0, 0.05) is 18.5 Å². The molecule has 1 amide bonds. The Balaban J connectivity index is 1.40. The van der Waals surface area contributed by atoms with E-state index < -0.39 is 11.6 Å². The summed E-state index contributed by atoms with van der Waals surface area (Å²) >= 11 is 0. The molecule has 6 nitrogen and oxygen atoms in total. The molecule has 0 spiro atoms. The van der Waals surface area contributed by atoms with E-state index >= 15 is 0 Å². The molecular formula is C26H26F2N4O2. The molecule has 6 rings (SSSR count). The molecule has 2 aromatic heterocycles. The molecule has 176 valence electrons. The molecule has 3 heterocycles. The first-order valence-electron chi connectivity index (χ1n) is 11.8. The van der Waals surface area contributed by atoms with Crippen LogP contribution in [0.3, 0.4) is 0 Å². The number of halogens is 2. The minimum Gasteiger partial charge on any atom is -0.451 e. The number of rotatable bonds is 3. The lowest BCUT2D eigenvalue weighted by molar-refractivity contribution is 0.0419. The van der Waals surface area contributed by atoms with Gasteiger partial charge in [0.2, 0.25) is 0 Å². The fourth-order valence-corrected chi connectivity index (χ4v) is 7.18. The van der Waals surface area contributed by atoms with Crippen LogP contribution in [0.2, 0.25) is 0 Å². The van der Waals surface area contributed by atoms with E-state index in [1.54, 1.807) is 0 Å². The number of likely N-dealkylation sites (tertiary alicyclic amines) is 1. The molecule has 2 aliphatic carbocycles. The molecule has 1 aliphatic heterocycles. The standard InChI is InChI=1S/C26H26F2N4O2/c1-25(2)17-8-9-26(25,15-5-4-10-32(12-15)24(33)21-13-34-14-29-21)23-16(17)11-20(30-31-23)22-18(27)6-3-7-19(22)28/h3,6-7,11,13-15,17H,4-5,8-10,12H2,1-2H3/t15-,17-,26-/m0/s1. The van der Waals surface area contributed by atoms with Crippen LogP contribution in [0.1, 0.15) is 67.2 Å². The largest absolute Gasteiger partial charge is 0.451 e. The Morgan fingerprint density at radius 2 is 1.97 bits per heavy atom. The third kappa shape index (κ3) is 2.77. The summed E-state index contributed by atoms with van der Waals surface area (Å²) in [6.45, 7) is 5.85. The van der Waals surface area contributed by atoms with Gasteiger partial charge in [0.15, 0.2) is 12.1 Å². The van der Waals surface area contributed by atoms with Gasteiger partial charge in [-0.25, -0.2) is 13.8 Å². The number of benzene rings is 1. The van der Waals surface area contributed by atoms with Crippen LogP contribution in [0.25, 0.3) is 11.3 Å². The van der Waals surface area contributed by atoms with Gasteiger partial charge in [-0.05, 0) is 66.7 Å². The second-order valence-corrected chi connectivity index (χ2v) is 10.4. The highest BCUT2D eigenvalue weighted by Crippen LogP contribution is 2.70. The molecule has 2 bridgehead atoms. The Kier molecular flexibility index (Phi) is 4.66. The molecule has 3 atom stereocenters. The normalized spacial score (nSPS) is 27.1. The molecule has 8 heteroatoms. The molecule has 0 unspecified atom stereocenters. The first kappa shape index (κ1) is 21.4. The molecular weight excluding hydrogens is 438 g/mol. The molecule has 2 fully saturated rings. The number of amides is 1. The Morgan fingerprint density at radius 3 is 2.71 bits per heavy atom. The van der Waals surface area contributed by atoms with Crippen molar-refractivity contribution in [3.63, 3.8) is 0 Å². The van der Waals surface area contributed by atoms with Crippen molar-refractivity contribution in [2.75, 3.05) is 13.1 Å². The minimum absolute atomic E-state index is 0.110. The maximum absolute atomic E-state index is 14.5. The van der Waals surface area contributed by atoms with Gasteiger partial charge in [-0.2, -0.15) is 10.2 Å². The van der Waals surface area contributed by atoms with Crippen molar-refractivity contribution < 1.29 is 18.0 Å². The summed E-state index contributed by atoms with van der Waals surface area (Å²) in [6, 6.07) is 5.68. The summed E-state index contributed by atoms with van der Waals surface area (Å²) in [6.07, 6.45) is 6.51. The van der Waals surface area contributed by atoms with Crippen LogP contribution in [-0.4, -0.2) is 39.1 Å². The van der Waals surface area contributed by atoms with Crippen molar-refractivity contribution in [3.05, 3.63) is 65.5 Å². The van der Waals surface area contributed by atoms with Gasteiger partial charge >= 0.3 is 0 Å². The van der Waals surface area contributed by atoms with Crippen LogP contribution >= 0.6 is 0 Å². The average Bonchev–Trinajstić information content (AvgIpc) is 3.50. The van der Waals surface area contributed by atoms with E-state index in [0.717, 1.165) is 36.9 Å². The number of hydrogen-bond acceptors (Lipinski definition) is 5. The fourth-order valence-electron chi connectivity index (χ4n) is 7.18. The molecule has 0 radical (unpaired) electrons. The van der Waals surface area contributed by atoms with E-state index in [2.05, 4.69) is 29.0 Å². The Labute approximate surface area is 196 Å². The lowest BCUT2D eigenvalue weighted by atomic mass is 9.59. The second kappa shape index (κ2) is 7.42. The minimum atomic E-state index is -0.638. The SMILES string of the molecule is CC1(C)[C@H]2CC[C@]1([C@H]1CCCN(C(=O)c3cocn3)C1)c1nnc(-c3c(F)cccc3F)cc12. The lowest BCUT2D eigenvalue weighted by Crippen LogP contribution is -2.51. The lowest BCUT2D eigenvalue weighted by Gasteiger charge is -2.48. The highest BCUT2D eigenvalue weighted by atomic mass is 19.1. The monoisotopic (exact) mass is 464 g/mol. The van der Waals surface area contributed by atoms with E-state index in [1.807, 2.05) is 11.0 Å². The number of carbonyl (C=O) groups is 1. The first-order valence-corrected chi connectivity index (χ1v) is 11.8.